The summed E-state index contributed by atoms with van der Waals surface area (Å²) >= 11 is 0. The Morgan fingerprint density at radius 2 is 1.79 bits per heavy atom. The molecule has 0 bridgehead atoms. The lowest BCUT2D eigenvalue weighted by Crippen LogP contribution is -2.24. The van der Waals surface area contributed by atoms with Crippen LogP contribution in [0.5, 0.6) is 5.75 Å². The van der Waals surface area contributed by atoms with Crippen molar-refractivity contribution in [3.8, 4) is 5.75 Å². The minimum atomic E-state index is -0.435. The molecule has 0 heterocycles. The van der Waals surface area contributed by atoms with Crippen LogP contribution in [0.4, 0.5) is 4.79 Å². The predicted molar refractivity (Wildman–Crippen MR) is 95.9 cm³/mol. The number of nitrogens with one attached hydrogen (secondary N) is 1. The lowest BCUT2D eigenvalue weighted by Gasteiger charge is -2.12. The van der Waals surface area contributed by atoms with Crippen LogP contribution in [0.2, 0.25) is 0 Å². The van der Waals surface area contributed by atoms with Crippen LogP contribution in [0.15, 0.2) is 60.7 Å². The van der Waals surface area contributed by atoms with E-state index in [4.69, 9.17) is 9.47 Å². The third kappa shape index (κ3) is 6.16. The number of amides is 1. The van der Waals surface area contributed by atoms with E-state index in [9.17, 15) is 4.79 Å². The van der Waals surface area contributed by atoms with Crippen molar-refractivity contribution >= 4 is 12.2 Å². The molecule has 0 radical (unpaired) electrons. The van der Waals surface area contributed by atoms with Crippen LogP contribution in [-0.4, -0.2) is 18.7 Å². The third-order valence-corrected chi connectivity index (χ3v) is 3.16. The summed E-state index contributed by atoms with van der Waals surface area (Å²) in [6.45, 7) is 4.64. The molecule has 2 aromatic carbocycles. The first kappa shape index (κ1) is 17.6. The van der Waals surface area contributed by atoms with Crippen molar-refractivity contribution in [2.75, 3.05) is 6.54 Å². The third-order valence-electron chi connectivity index (χ3n) is 3.16. The van der Waals surface area contributed by atoms with Gasteiger partial charge in [0.25, 0.3) is 0 Å². The van der Waals surface area contributed by atoms with Crippen LogP contribution in [0.25, 0.3) is 6.08 Å². The molecule has 0 fully saturated rings. The van der Waals surface area contributed by atoms with E-state index < -0.39 is 6.09 Å². The molecule has 1 N–H and O–H groups in total. The second kappa shape index (κ2) is 9.40. The Morgan fingerprint density at radius 3 is 2.54 bits per heavy atom. The fraction of sp³-hybridized carbons (Fsp3) is 0.250. The first-order valence-corrected chi connectivity index (χ1v) is 8.02. The van der Waals surface area contributed by atoms with E-state index in [-0.39, 0.29) is 12.7 Å². The number of carbonyl (C=O) groups is 1. The molecular formula is C20H23NO3. The smallest absolute Gasteiger partial charge is 0.407 e. The molecule has 0 saturated carbocycles. The van der Waals surface area contributed by atoms with Gasteiger partial charge in [-0.05, 0) is 25.5 Å². The molecule has 0 aromatic heterocycles. The number of hydrogen-bond donors (Lipinski definition) is 1. The summed E-state index contributed by atoms with van der Waals surface area (Å²) in [6.07, 6.45) is 3.47. The zero-order valence-electron chi connectivity index (χ0n) is 14.1. The van der Waals surface area contributed by atoms with Gasteiger partial charge in [-0.25, -0.2) is 4.79 Å². The highest BCUT2D eigenvalue weighted by molar-refractivity contribution is 5.67. The van der Waals surface area contributed by atoms with Gasteiger partial charge in [-0.15, -0.1) is 0 Å². The van der Waals surface area contributed by atoms with Gasteiger partial charge in [-0.3, -0.25) is 0 Å². The van der Waals surface area contributed by atoms with Gasteiger partial charge in [0, 0.05) is 12.1 Å². The van der Waals surface area contributed by atoms with Gasteiger partial charge in [-0.1, -0.05) is 60.7 Å². The summed E-state index contributed by atoms with van der Waals surface area (Å²) < 4.78 is 10.9. The number of carbonyl (C=O) groups excluding carboxylic acids is 1. The summed E-state index contributed by atoms with van der Waals surface area (Å²) in [5.41, 5.74) is 1.94. The maximum atomic E-state index is 11.6. The number of para-hydroxylation sites is 1. The number of benzene rings is 2. The lowest BCUT2D eigenvalue weighted by molar-refractivity contribution is 0.141. The Labute approximate surface area is 143 Å². The Hall–Kier alpha value is -2.75. The number of alkyl carbamates (subject to hydrolysis) is 1. The van der Waals surface area contributed by atoms with Gasteiger partial charge in [0.2, 0.25) is 0 Å². The minimum Gasteiger partial charge on any atom is -0.490 e. The highest BCUT2D eigenvalue weighted by atomic mass is 16.5. The van der Waals surface area contributed by atoms with Gasteiger partial charge in [0.05, 0.1) is 6.10 Å². The molecule has 0 spiro atoms. The molecule has 2 rings (SSSR count). The van der Waals surface area contributed by atoms with Crippen molar-refractivity contribution in [2.24, 2.45) is 0 Å². The van der Waals surface area contributed by atoms with E-state index in [0.29, 0.717) is 6.54 Å². The Morgan fingerprint density at radius 1 is 1.08 bits per heavy atom. The summed E-state index contributed by atoms with van der Waals surface area (Å²) in [5.74, 6) is 0.829. The van der Waals surface area contributed by atoms with Crippen LogP contribution in [-0.2, 0) is 11.3 Å². The summed E-state index contributed by atoms with van der Waals surface area (Å²) in [7, 11) is 0. The lowest BCUT2D eigenvalue weighted by atomic mass is 10.2. The van der Waals surface area contributed by atoms with Crippen LogP contribution >= 0.6 is 0 Å². The zero-order chi connectivity index (χ0) is 17.2. The number of hydrogen-bond acceptors (Lipinski definition) is 3. The molecule has 0 aliphatic heterocycles. The largest absolute Gasteiger partial charge is 0.490 e. The van der Waals surface area contributed by atoms with E-state index in [1.165, 1.54) is 0 Å². The van der Waals surface area contributed by atoms with Crippen LogP contribution in [0.3, 0.4) is 0 Å². The first-order chi connectivity index (χ1) is 11.6. The van der Waals surface area contributed by atoms with Gasteiger partial charge >= 0.3 is 6.09 Å². The average Bonchev–Trinajstić information content (AvgIpc) is 2.58. The molecular weight excluding hydrogens is 302 g/mol. The molecule has 4 heteroatoms. The molecule has 4 nitrogen and oxygen atoms in total. The van der Waals surface area contributed by atoms with Crippen molar-refractivity contribution in [2.45, 2.75) is 26.6 Å². The summed E-state index contributed by atoms with van der Waals surface area (Å²) in [4.78, 5) is 11.6. The van der Waals surface area contributed by atoms with Crippen molar-refractivity contribution in [1.29, 1.82) is 0 Å². The standard InChI is InChI=1S/C20H23NO3/c1-16(2)24-19-13-7-6-11-18(19)12-8-14-21-20(22)23-15-17-9-4-3-5-10-17/h3-13,16H,14-15H2,1-2H3,(H,21,22). The molecule has 2 aromatic rings. The van der Waals surface area contributed by atoms with Crippen LogP contribution in [0, 0.1) is 0 Å². The topological polar surface area (TPSA) is 47.6 Å². The van der Waals surface area contributed by atoms with Crippen LogP contribution < -0.4 is 10.1 Å². The molecule has 126 valence electrons. The second-order valence-corrected chi connectivity index (χ2v) is 5.55. The second-order valence-electron chi connectivity index (χ2n) is 5.55. The maximum absolute atomic E-state index is 11.6. The van der Waals surface area contributed by atoms with Crippen LogP contribution in [0.1, 0.15) is 25.0 Å². The summed E-state index contributed by atoms with van der Waals surface area (Å²) in [6, 6.07) is 17.4. The highest BCUT2D eigenvalue weighted by Crippen LogP contribution is 2.20. The SMILES string of the molecule is CC(C)Oc1ccccc1C=CCNC(=O)OCc1ccccc1. The number of rotatable bonds is 7. The van der Waals surface area contributed by atoms with Crippen molar-refractivity contribution in [1.82, 2.24) is 5.32 Å². The van der Waals surface area contributed by atoms with Gasteiger partial charge < -0.3 is 14.8 Å². The fourth-order valence-electron chi connectivity index (χ4n) is 2.08. The minimum absolute atomic E-state index is 0.116. The molecule has 0 saturated heterocycles. The average molecular weight is 325 g/mol. The normalized spacial score (nSPS) is 10.8. The van der Waals surface area contributed by atoms with E-state index in [2.05, 4.69) is 5.32 Å². The monoisotopic (exact) mass is 325 g/mol. The fourth-order valence-corrected chi connectivity index (χ4v) is 2.08. The quantitative estimate of drug-likeness (QED) is 0.820. The van der Waals surface area contributed by atoms with Gasteiger partial charge in [-0.2, -0.15) is 0 Å². The summed E-state index contributed by atoms with van der Waals surface area (Å²) in [5, 5.41) is 2.69. The van der Waals surface area contributed by atoms with E-state index in [1.807, 2.05) is 80.6 Å². The highest BCUT2D eigenvalue weighted by Gasteiger charge is 2.03. The molecule has 0 aliphatic carbocycles. The number of ether oxygens (including phenoxy) is 2. The first-order valence-electron chi connectivity index (χ1n) is 8.02. The molecule has 0 atom stereocenters. The Bertz CT molecular complexity index is 666. The molecule has 24 heavy (non-hydrogen) atoms. The Balaban J connectivity index is 1.77. The van der Waals surface area contributed by atoms with Crippen molar-refractivity contribution in [3.05, 3.63) is 71.8 Å². The maximum Gasteiger partial charge on any atom is 0.407 e. The zero-order valence-corrected chi connectivity index (χ0v) is 14.1. The molecule has 1 amide bonds. The van der Waals surface area contributed by atoms with Gasteiger partial charge in [0.15, 0.2) is 0 Å². The van der Waals surface area contributed by atoms with Gasteiger partial charge in [0.1, 0.15) is 12.4 Å². The van der Waals surface area contributed by atoms with Crippen molar-refractivity contribution < 1.29 is 14.3 Å². The van der Waals surface area contributed by atoms with E-state index in [0.717, 1.165) is 16.9 Å². The molecule has 0 unspecified atom stereocenters. The van der Waals surface area contributed by atoms with E-state index >= 15 is 0 Å². The van der Waals surface area contributed by atoms with Crippen molar-refractivity contribution in [3.63, 3.8) is 0 Å². The molecule has 0 aliphatic rings. The predicted octanol–water partition coefficient (Wildman–Crippen LogP) is 4.41. The Kier molecular flexibility index (Phi) is 6.90. The van der Waals surface area contributed by atoms with E-state index in [1.54, 1.807) is 0 Å².